The molecule has 0 saturated carbocycles. The van der Waals surface area contributed by atoms with Gasteiger partial charge in [-0.15, -0.1) is 0 Å². The molecule has 0 saturated heterocycles. The first-order valence-corrected chi connectivity index (χ1v) is 2.87. The molecule has 0 bridgehead atoms. The van der Waals surface area contributed by atoms with Crippen LogP contribution in [0.4, 0.5) is 0 Å². The molecule has 1 unspecified atom stereocenters. The van der Waals surface area contributed by atoms with Gasteiger partial charge in [0.1, 0.15) is 0 Å². The topological polar surface area (TPSA) is 72.4 Å². The van der Waals surface area contributed by atoms with Crippen LogP contribution in [0.5, 0.6) is 0 Å². The Labute approximate surface area is 157 Å². The molecule has 2 radical (unpaired) electrons. The Bertz CT molecular complexity index is 110. The molecule has 4 nitrogen and oxygen atoms in total. The summed E-state index contributed by atoms with van der Waals surface area (Å²) in [5.74, 6) is -1.75. The molecule has 0 aromatic heterocycles. The number of carbonyl (C=O) groups excluding carboxylic acids is 1. The number of carboxylic acid groups (broad SMARTS) is 1. The molecule has 0 aliphatic heterocycles. The molecule has 0 heterocycles. The van der Waals surface area contributed by atoms with Gasteiger partial charge in [-0.1, -0.05) is 0 Å². The van der Waals surface area contributed by atoms with Gasteiger partial charge in [0, 0.05) is 12.6 Å². The molecule has 0 rings (SSSR count). The van der Waals surface area contributed by atoms with E-state index in [9.17, 15) is 15.2 Å². The quantitative estimate of drug-likeness (QED) is 0.263. The molecule has 0 fully saturated rings. The van der Waals surface area contributed by atoms with Crippen molar-refractivity contribution in [3.05, 3.63) is 6.92 Å². The molecule has 12 heavy (non-hydrogen) atoms. The fourth-order valence-electron chi connectivity index (χ4n) is 0.516. The zero-order chi connectivity index (χ0) is 7.98. The Morgan fingerprint density at radius 2 is 2.00 bits per heavy atom. The second kappa shape index (κ2) is 13.7. The summed E-state index contributed by atoms with van der Waals surface area (Å²) in [5.41, 5.74) is 0. The van der Waals surface area contributed by atoms with Crippen LogP contribution in [0, 0.1) is 12.8 Å². The molecule has 6 heteroatoms. The minimum atomic E-state index is -1.21. The van der Waals surface area contributed by atoms with Crippen LogP contribution >= 0.6 is 0 Å². The molecule has 0 aromatic carbocycles. The summed E-state index contributed by atoms with van der Waals surface area (Å²) < 4.78 is 0. The standard InChI is InChI=1S/C6H10O4.2K/c1-5(2-3-10-9)4-6(7)8;;/h1,5,9H,2-4H2,(H,7,8);;/q;2*+1/p-2. The van der Waals surface area contributed by atoms with E-state index in [4.69, 9.17) is 6.92 Å². The molecule has 0 aliphatic rings. The molecular weight excluding hydrogens is 214 g/mol. The van der Waals surface area contributed by atoms with E-state index in [1.165, 1.54) is 0 Å². The summed E-state index contributed by atoms with van der Waals surface area (Å²) in [4.78, 5) is 13.3. The van der Waals surface area contributed by atoms with Gasteiger partial charge >= 0.3 is 103 Å². The summed E-state index contributed by atoms with van der Waals surface area (Å²) in [7, 11) is 0. The third-order valence-corrected chi connectivity index (χ3v) is 1.00. The smallest absolute Gasteiger partial charge is 0.723 e. The molecular formula is C6H8K2O4. The predicted octanol–water partition coefficient (Wildman–Crippen LogP) is -7.86. The molecule has 0 N–H and O–H groups in total. The maximum Gasteiger partial charge on any atom is 1.00 e. The van der Waals surface area contributed by atoms with Gasteiger partial charge in [-0.05, 0) is 25.7 Å². The van der Waals surface area contributed by atoms with Gasteiger partial charge in [0.25, 0.3) is 0 Å². The first kappa shape index (κ1) is 20.1. The van der Waals surface area contributed by atoms with Crippen LogP contribution in [-0.2, 0) is 9.68 Å². The maximum absolute atomic E-state index is 9.86. The van der Waals surface area contributed by atoms with Crippen LogP contribution in [0.2, 0.25) is 0 Å². The van der Waals surface area contributed by atoms with Gasteiger partial charge in [-0.25, -0.2) is 0 Å². The third-order valence-electron chi connectivity index (χ3n) is 1.00. The van der Waals surface area contributed by atoms with E-state index in [0.29, 0.717) is 0 Å². The summed E-state index contributed by atoms with van der Waals surface area (Å²) in [6.07, 6.45) is 0.0147. The van der Waals surface area contributed by atoms with Gasteiger partial charge in [0.2, 0.25) is 0 Å². The summed E-state index contributed by atoms with van der Waals surface area (Å²) in [6, 6.07) is 0. The first-order chi connectivity index (χ1) is 4.66. The van der Waals surface area contributed by atoms with E-state index in [0.717, 1.165) is 0 Å². The van der Waals surface area contributed by atoms with Crippen LogP contribution in [0.3, 0.4) is 0 Å². The predicted molar refractivity (Wildman–Crippen MR) is 28.0 cm³/mol. The van der Waals surface area contributed by atoms with Crippen molar-refractivity contribution in [2.45, 2.75) is 12.8 Å². The van der Waals surface area contributed by atoms with Crippen molar-refractivity contribution in [2.24, 2.45) is 5.92 Å². The van der Waals surface area contributed by atoms with Crippen molar-refractivity contribution in [1.82, 2.24) is 0 Å². The molecule has 0 aliphatic carbocycles. The number of carboxylic acids is 1. The summed E-state index contributed by atoms with van der Waals surface area (Å²) in [6.45, 7) is 5.16. The van der Waals surface area contributed by atoms with E-state index in [2.05, 4.69) is 4.89 Å². The van der Waals surface area contributed by atoms with Crippen LogP contribution in [0.25, 0.3) is 0 Å². The number of hydrogen-bond acceptors (Lipinski definition) is 4. The van der Waals surface area contributed by atoms with E-state index in [1.807, 2.05) is 0 Å². The Morgan fingerprint density at radius 3 is 2.33 bits per heavy atom. The minimum Gasteiger partial charge on any atom is -0.723 e. The number of aliphatic carboxylic acids is 1. The van der Waals surface area contributed by atoms with Crippen LogP contribution in [0.1, 0.15) is 12.8 Å². The Kier molecular flexibility index (Phi) is 22.9. The molecule has 0 aromatic rings. The largest absolute Gasteiger partial charge is 1.00 e. The summed E-state index contributed by atoms with van der Waals surface area (Å²) in [5, 5.41) is 19.3. The van der Waals surface area contributed by atoms with Crippen LogP contribution in [0.15, 0.2) is 0 Å². The Hall–Kier alpha value is 2.66. The summed E-state index contributed by atoms with van der Waals surface area (Å²) >= 11 is 0. The number of rotatable bonds is 5. The average molecular weight is 222 g/mol. The van der Waals surface area contributed by atoms with Crippen molar-refractivity contribution in [3.8, 4) is 0 Å². The minimum absolute atomic E-state index is 0. The van der Waals surface area contributed by atoms with Gasteiger partial charge in [0.05, 0.1) is 0 Å². The molecule has 58 valence electrons. The van der Waals surface area contributed by atoms with Gasteiger partial charge in [0.15, 0.2) is 0 Å². The van der Waals surface area contributed by atoms with Crippen LogP contribution in [-0.4, -0.2) is 12.6 Å². The van der Waals surface area contributed by atoms with E-state index in [-0.39, 0.29) is 122 Å². The second-order valence-electron chi connectivity index (χ2n) is 1.95. The third kappa shape index (κ3) is 15.1. The fraction of sp³-hybridized carbons (Fsp3) is 0.667. The monoisotopic (exact) mass is 222 g/mol. The van der Waals surface area contributed by atoms with E-state index in [1.54, 1.807) is 0 Å². The Balaban J connectivity index is -0.000000405. The van der Waals surface area contributed by atoms with Gasteiger partial charge in [-0.2, -0.15) is 0 Å². The van der Waals surface area contributed by atoms with E-state index < -0.39 is 11.9 Å². The molecule has 1 atom stereocenters. The van der Waals surface area contributed by atoms with Gasteiger partial charge in [-0.3, -0.25) is 0 Å². The second-order valence-corrected chi connectivity index (χ2v) is 1.95. The molecule has 0 spiro atoms. The zero-order valence-corrected chi connectivity index (χ0v) is 13.7. The normalized spacial score (nSPS) is 10.8. The van der Waals surface area contributed by atoms with Crippen LogP contribution < -0.4 is 113 Å². The average Bonchev–Trinajstić information content (AvgIpc) is 1.82. The fourth-order valence-corrected chi connectivity index (χ4v) is 0.516. The number of hydrogen-bond donors (Lipinski definition) is 0. The van der Waals surface area contributed by atoms with Crippen molar-refractivity contribution in [2.75, 3.05) is 6.61 Å². The maximum atomic E-state index is 9.86. The van der Waals surface area contributed by atoms with E-state index >= 15 is 0 Å². The van der Waals surface area contributed by atoms with Crippen molar-refractivity contribution < 1.29 is 123 Å². The van der Waals surface area contributed by atoms with Crippen molar-refractivity contribution >= 4 is 5.97 Å². The SMILES string of the molecule is [CH]C(CCO[O-])CC(=O)[O-].[K+].[K+]. The van der Waals surface area contributed by atoms with Crippen molar-refractivity contribution in [3.63, 3.8) is 0 Å². The van der Waals surface area contributed by atoms with Gasteiger partial charge < -0.3 is 20.0 Å². The first-order valence-electron chi connectivity index (χ1n) is 2.87. The molecule has 0 amide bonds. The number of carbonyl (C=O) groups is 1. The zero-order valence-electron chi connectivity index (χ0n) is 7.41. The Morgan fingerprint density at radius 1 is 1.50 bits per heavy atom. The van der Waals surface area contributed by atoms with Crippen molar-refractivity contribution in [1.29, 1.82) is 0 Å².